The van der Waals surface area contributed by atoms with Crippen LogP contribution in [-0.4, -0.2) is 39.4 Å². The Labute approximate surface area is 154 Å². The number of carboxylic acid groups (broad SMARTS) is 1. The number of carboxylic acids is 1. The van der Waals surface area contributed by atoms with Gasteiger partial charge in [0.2, 0.25) is 11.0 Å². The second kappa shape index (κ2) is 11.8. The van der Waals surface area contributed by atoms with E-state index in [-0.39, 0.29) is 11.8 Å². The monoisotopic (exact) mass is 398 g/mol. The predicted molar refractivity (Wildman–Crippen MR) is 92.9 cm³/mol. The van der Waals surface area contributed by atoms with Crippen molar-refractivity contribution in [2.24, 2.45) is 11.7 Å². The van der Waals surface area contributed by atoms with Crippen LogP contribution in [0.1, 0.15) is 51.5 Å². The van der Waals surface area contributed by atoms with Crippen LogP contribution in [-0.2, 0) is 16.0 Å². The van der Waals surface area contributed by atoms with E-state index in [0.717, 1.165) is 24.3 Å². The van der Waals surface area contributed by atoms with Gasteiger partial charge in [-0.25, -0.2) is 4.79 Å². The minimum atomic E-state index is -5.08. The summed E-state index contributed by atoms with van der Waals surface area (Å²) in [6.45, 7) is 6.16. The molecule has 1 amide bonds. The number of halogens is 3. The van der Waals surface area contributed by atoms with E-state index < -0.39 is 18.2 Å². The highest BCUT2D eigenvalue weighted by molar-refractivity contribution is 7.15. The number of nitrogens with two attached hydrogens (primary N) is 1. The first-order valence-electron chi connectivity index (χ1n) is 8.21. The summed E-state index contributed by atoms with van der Waals surface area (Å²) in [6, 6.07) is -0.488. The molecule has 0 aromatic carbocycles. The van der Waals surface area contributed by atoms with E-state index in [1.807, 2.05) is 13.8 Å². The van der Waals surface area contributed by atoms with Gasteiger partial charge in [-0.1, -0.05) is 51.4 Å². The lowest BCUT2D eigenvalue weighted by Crippen LogP contribution is -2.40. The van der Waals surface area contributed by atoms with Crippen molar-refractivity contribution in [3.8, 4) is 0 Å². The van der Waals surface area contributed by atoms with E-state index in [2.05, 4.69) is 22.4 Å². The molecule has 1 heterocycles. The summed E-state index contributed by atoms with van der Waals surface area (Å²) in [5, 5.41) is 19.5. The molecule has 0 spiro atoms. The minimum absolute atomic E-state index is 0.164. The molecule has 0 saturated heterocycles. The average Bonchev–Trinajstić information content (AvgIpc) is 3.00. The zero-order valence-electron chi connectivity index (χ0n) is 15.0. The molecule has 2 atom stereocenters. The SMILES string of the molecule is CCCCCc1nnc(NC(=O)C(N)C(C)CC)s1.O=C(O)C(F)(F)F. The molecule has 0 aliphatic carbocycles. The quantitative estimate of drug-likeness (QED) is 0.579. The maximum Gasteiger partial charge on any atom is 0.490 e. The Balaban J connectivity index is 0.000000758. The average molecular weight is 398 g/mol. The number of aliphatic carboxylic acids is 1. The number of aryl methyl sites for hydroxylation is 1. The van der Waals surface area contributed by atoms with Crippen LogP contribution in [0.2, 0.25) is 0 Å². The third kappa shape index (κ3) is 9.66. The van der Waals surface area contributed by atoms with Crippen molar-refractivity contribution in [1.29, 1.82) is 0 Å². The van der Waals surface area contributed by atoms with E-state index in [0.29, 0.717) is 5.13 Å². The zero-order chi connectivity index (χ0) is 20.3. The Morgan fingerprint density at radius 2 is 1.85 bits per heavy atom. The van der Waals surface area contributed by atoms with Crippen molar-refractivity contribution >= 4 is 28.3 Å². The van der Waals surface area contributed by atoms with Gasteiger partial charge in [-0.05, 0) is 12.3 Å². The van der Waals surface area contributed by atoms with Gasteiger partial charge >= 0.3 is 12.1 Å². The number of carbonyl (C=O) groups excluding carboxylic acids is 1. The van der Waals surface area contributed by atoms with E-state index >= 15 is 0 Å². The number of nitrogens with one attached hydrogen (secondary N) is 1. The summed E-state index contributed by atoms with van der Waals surface area (Å²) >= 11 is 1.44. The number of hydrogen-bond donors (Lipinski definition) is 3. The van der Waals surface area contributed by atoms with Crippen molar-refractivity contribution in [3.05, 3.63) is 5.01 Å². The highest BCUT2D eigenvalue weighted by Gasteiger charge is 2.38. The molecule has 11 heteroatoms. The Morgan fingerprint density at radius 1 is 1.27 bits per heavy atom. The lowest BCUT2D eigenvalue weighted by atomic mass is 10.00. The molecule has 1 aromatic heterocycles. The Bertz CT molecular complexity index is 567. The summed E-state index contributed by atoms with van der Waals surface area (Å²) in [4.78, 5) is 20.8. The lowest BCUT2D eigenvalue weighted by molar-refractivity contribution is -0.192. The Morgan fingerprint density at radius 3 is 2.31 bits per heavy atom. The van der Waals surface area contributed by atoms with Crippen LogP contribution in [0.15, 0.2) is 0 Å². The largest absolute Gasteiger partial charge is 0.490 e. The van der Waals surface area contributed by atoms with Gasteiger partial charge in [0, 0.05) is 6.42 Å². The first kappa shape index (κ1) is 24.2. The Hall–Kier alpha value is -1.75. The Kier molecular flexibility index (Phi) is 11.0. The van der Waals surface area contributed by atoms with Crippen LogP contribution >= 0.6 is 11.3 Å². The fraction of sp³-hybridized carbons (Fsp3) is 0.733. The van der Waals surface area contributed by atoms with Crippen LogP contribution in [0.5, 0.6) is 0 Å². The molecule has 1 aromatic rings. The predicted octanol–water partition coefficient (Wildman–Crippen LogP) is 3.22. The van der Waals surface area contributed by atoms with E-state index in [1.165, 1.54) is 24.2 Å². The van der Waals surface area contributed by atoms with Gasteiger partial charge in [-0.15, -0.1) is 10.2 Å². The smallest absolute Gasteiger partial charge is 0.475 e. The molecular weight excluding hydrogens is 373 g/mol. The third-order valence-corrected chi connectivity index (χ3v) is 4.39. The van der Waals surface area contributed by atoms with Crippen molar-refractivity contribution in [3.63, 3.8) is 0 Å². The molecule has 0 aliphatic heterocycles. The van der Waals surface area contributed by atoms with E-state index in [1.54, 1.807) is 0 Å². The topological polar surface area (TPSA) is 118 Å². The first-order chi connectivity index (χ1) is 12.0. The van der Waals surface area contributed by atoms with Gasteiger partial charge in [-0.3, -0.25) is 10.1 Å². The number of nitrogens with zero attached hydrogens (tertiary/aromatic N) is 2. The molecule has 0 aliphatic rings. The fourth-order valence-electron chi connectivity index (χ4n) is 1.63. The van der Waals surface area contributed by atoms with Gasteiger partial charge < -0.3 is 10.8 Å². The van der Waals surface area contributed by atoms with E-state index in [9.17, 15) is 18.0 Å². The maximum atomic E-state index is 11.9. The molecule has 2 unspecified atom stereocenters. The van der Waals surface area contributed by atoms with Gasteiger partial charge in [-0.2, -0.15) is 13.2 Å². The van der Waals surface area contributed by atoms with Crippen LogP contribution in [0.4, 0.5) is 18.3 Å². The number of hydrogen-bond acceptors (Lipinski definition) is 6. The molecule has 4 N–H and O–H groups in total. The lowest BCUT2D eigenvalue weighted by Gasteiger charge is -2.16. The fourth-order valence-corrected chi connectivity index (χ4v) is 2.42. The normalized spacial score (nSPS) is 13.3. The van der Waals surface area contributed by atoms with Crippen molar-refractivity contribution in [2.75, 3.05) is 5.32 Å². The molecule has 7 nitrogen and oxygen atoms in total. The molecule has 0 saturated carbocycles. The summed E-state index contributed by atoms with van der Waals surface area (Å²) in [5.74, 6) is -2.77. The number of rotatable bonds is 8. The molecule has 0 bridgehead atoms. The molecule has 150 valence electrons. The molecule has 0 fully saturated rings. The van der Waals surface area contributed by atoms with Crippen LogP contribution in [0.25, 0.3) is 0 Å². The molecule has 26 heavy (non-hydrogen) atoms. The van der Waals surface area contributed by atoms with Gasteiger partial charge in [0.25, 0.3) is 0 Å². The molecule has 1 rings (SSSR count). The van der Waals surface area contributed by atoms with Crippen LogP contribution in [0, 0.1) is 5.92 Å². The number of unbranched alkanes of at least 4 members (excludes halogenated alkanes) is 2. The highest BCUT2D eigenvalue weighted by atomic mass is 32.1. The number of anilines is 1. The van der Waals surface area contributed by atoms with Crippen LogP contribution in [0.3, 0.4) is 0 Å². The van der Waals surface area contributed by atoms with Crippen molar-refractivity contribution < 1.29 is 27.9 Å². The standard InChI is InChI=1S/C13H24N4OS.C2HF3O2/c1-4-6-7-8-10-16-17-13(19-10)15-12(18)11(14)9(3)5-2;3-2(4,5)1(6)7/h9,11H,4-8,14H2,1-3H3,(H,15,17,18);(H,6,7). The maximum absolute atomic E-state index is 11.9. The number of carbonyl (C=O) groups is 2. The summed E-state index contributed by atoms with van der Waals surface area (Å²) in [5.41, 5.74) is 5.87. The number of amides is 1. The van der Waals surface area contributed by atoms with Crippen molar-refractivity contribution in [1.82, 2.24) is 10.2 Å². The van der Waals surface area contributed by atoms with Crippen molar-refractivity contribution in [2.45, 2.75) is 65.1 Å². The first-order valence-corrected chi connectivity index (χ1v) is 9.03. The van der Waals surface area contributed by atoms with Gasteiger partial charge in [0.1, 0.15) is 5.01 Å². The van der Waals surface area contributed by atoms with E-state index in [4.69, 9.17) is 15.6 Å². The van der Waals surface area contributed by atoms with Gasteiger partial charge in [0.05, 0.1) is 6.04 Å². The second-order valence-electron chi connectivity index (χ2n) is 5.66. The summed E-state index contributed by atoms with van der Waals surface area (Å²) in [6.07, 6.45) is 0.226. The number of alkyl halides is 3. The zero-order valence-corrected chi connectivity index (χ0v) is 15.8. The highest BCUT2D eigenvalue weighted by Crippen LogP contribution is 2.18. The number of aromatic nitrogens is 2. The van der Waals surface area contributed by atoms with Gasteiger partial charge in [0.15, 0.2) is 0 Å². The molecule has 0 radical (unpaired) electrons. The summed E-state index contributed by atoms with van der Waals surface area (Å²) < 4.78 is 31.7. The molecular formula is C15H25F3N4O3S. The third-order valence-electron chi connectivity index (χ3n) is 3.49. The summed E-state index contributed by atoms with van der Waals surface area (Å²) in [7, 11) is 0. The minimum Gasteiger partial charge on any atom is -0.475 e. The van der Waals surface area contributed by atoms with Crippen LogP contribution < -0.4 is 11.1 Å². The second-order valence-corrected chi connectivity index (χ2v) is 6.72.